The SMILES string of the molecule is C=C.CC.NCCCCCCCC(=O)NOCc1ccccc1. The van der Waals surface area contributed by atoms with E-state index in [0.717, 1.165) is 44.2 Å². The standard InChI is InChI=1S/C15H24N2O2.C2H6.C2H4/c16-12-8-3-1-2-7-11-15(18)17-19-13-14-9-5-4-6-10-14;2*1-2/h4-6,9-10H,1-3,7-8,11-13,16H2,(H,17,18);1-2H3;1-2H2. The Hall–Kier alpha value is -1.65. The molecule has 0 heterocycles. The molecule has 132 valence electrons. The summed E-state index contributed by atoms with van der Waals surface area (Å²) in [7, 11) is 0. The summed E-state index contributed by atoms with van der Waals surface area (Å²) < 4.78 is 0. The van der Waals surface area contributed by atoms with Crippen molar-refractivity contribution in [3.05, 3.63) is 49.1 Å². The Kier molecular flexibility index (Phi) is 20.9. The molecule has 0 bridgehead atoms. The average molecular weight is 322 g/mol. The minimum Gasteiger partial charge on any atom is -0.330 e. The second kappa shape index (κ2) is 20.3. The highest BCUT2D eigenvalue weighted by atomic mass is 16.6. The van der Waals surface area contributed by atoms with Crippen LogP contribution in [0.25, 0.3) is 0 Å². The summed E-state index contributed by atoms with van der Waals surface area (Å²) in [5.74, 6) is -0.0465. The van der Waals surface area contributed by atoms with E-state index in [-0.39, 0.29) is 5.91 Å². The third kappa shape index (κ3) is 16.5. The van der Waals surface area contributed by atoms with Gasteiger partial charge in [-0.2, -0.15) is 0 Å². The van der Waals surface area contributed by atoms with Crippen LogP contribution in [0.2, 0.25) is 0 Å². The van der Waals surface area contributed by atoms with Gasteiger partial charge in [-0.3, -0.25) is 9.63 Å². The molecule has 4 nitrogen and oxygen atoms in total. The average Bonchev–Trinajstić information content (AvgIpc) is 2.62. The number of carbonyl (C=O) groups is 1. The normalized spacial score (nSPS) is 9.00. The molecule has 0 aromatic heterocycles. The first-order chi connectivity index (χ1) is 11.3. The zero-order valence-corrected chi connectivity index (χ0v) is 14.9. The fourth-order valence-corrected chi connectivity index (χ4v) is 1.79. The van der Waals surface area contributed by atoms with E-state index in [0.29, 0.717) is 13.0 Å². The van der Waals surface area contributed by atoms with Gasteiger partial charge in [0, 0.05) is 6.42 Å². The van der Waals surface area contributed by atoms with Crippen LogP contribution in [-0.2, 0) is 16.2 Å². The Morgan fingerprint density at radius 3 is 2.22 bits per heavy atom. The van der Waals surface area contributed by atoms with Crippen LogP contribution in [0, 0.1) is 0 Å². The Labute approximate surface area is 142 Å². The number of rotatable bonds is 10. The van der Waals surface area contributed by atoms with E-state index < -0.39 is 0 Å². The first-order valence-corrected chi connectivity index (χ1v) is 8.47. The summed E-state index contributed by atoms with van der Waals surface area (Å²) in [6.07, 6.45) is 5.89. The third-order valence-corrected chi connectivity index (χ3v) is 2.88. The van der Waals surface area contributed by atoms with Gasteiger partial charge in [0.1, 0.15) is 0 Å². The number of hydrogen-bond acceptors (Lipinski definition) is 3. The Morgan fingerprint density at radius 2 is 1.61 bits per heavy atom. The summed E-state index contributed by atoms with van der Waals surface area (Å²) in [6.45, 7) is 11.2. The number of hydrogen-bond donors (Lipinski definition) is 2. The monoisotopic (exact) mass is 322 g/mol. The van der Waals surface area contributed by atoms with Gasteiger partial charge in [0.15, 0.2) is 0 Å². The lowest BCUT2D eigenvalue weighted by Crippen LogP contribution is -2.23. The van der Waals surface area contributed by atoms with Crippen LogP contribution in [0.5, 0.6) is 0 Å². The van der Waals surface area contributed by atoms with Gasteiger partial charge in [-0.15, -0.1) is 13.2 Å². The summed E-state index contributed by atoms with van der Waals surface area (Å²) in [4.78, 5) is 16.6. The third-order valence-electron chi connectivity index (χ3n) is 2.88. The van der Waals surface area contributed by atoms with Crippen molar-refractivity contribution >= 4 is 5.91 Å². The van der Waals surface area contributed by atoms with Gasteiger partial charge in [-0.05, 0) is 24.9 Å². The highest BCUT2D eigenvalue weighted by Gasteiger charge is 2.01. The van der Waals surface area contributed by atoms with Crippen molar-refractivity contribution < 1.29 is 9.63 Å². The summed E-state index contributed by atoms with van der Waals surface area (Å²) in [5, 5.41) is 0. The maximum atomic E-state index is 11.5. The van der Waals surface area contributed by atoms with Gasteiger partial charge in [0.2, 0.25) is 5.91 Å². The van der Waals surface area contributed by atoms with E-state index in [9.17, 15) is 4.79 Å². The minimum atomic E-state index is -0.0465. The fourth-order valence-electron chi connectivity index (χ4n) is 1.79. The lowest BCUT2D eigenvalue weighted by Gasteiger charge is -2.06. The van der Waals surface area contributed by atoms with Crippen LogP contribution in [-0.4, -0.2) is 12.5 Å². The van der Waals surface area contributed by atoms with Crippen LogP contribution in [0.3, 0.4) is 0 Å². The number of hydroxylamine groups is 1. The first-order valence-electron chi connectivity index (χ1n) is 8.47. The van der Waals surface area contributed by atoms with E-state index in [1.165, 1.54) is 0 Å². The van der Waals surface area contributed by atoms with E-state index >= 15 is 0 Å². The van der Waals surface area contributed by atoms with Crippen molar-refractivity contribution in [1.29, 1.82) is 0 Å². The number of nitrogens with one attached hydrogen (secondary N) is 1. The van der Waals surface area contributed by atoms with Gasteiger partial charge in [0.25, 0.3) is 0 Å². The molecule has 0 atom stereocenters. The molecule has 1 amide bonds. The highest BCUT2D eigenvalue weighted by Crippen LogP contribution is 2.05. The van der Waals surface area contributed by atoms with Crippen molar-refractivity contribution in [3.8, 4) is 0 Å². The molecule has 0 saturated heterocycles. The second-order valence-electron chi connectivity index (χ2n) is 4.61. The van der Waals surface area contributed by atoms with Crippen LogP contribution < -0.4 is 11.2 Å². The quantitative estimate of drug-likeness (QED) is 0.382. The van der Waals surface area contributed by atoms with E-state index in [1.807, 2.05) is 44.2 Å². The molecule has 0 spiro atoms. The molecule has 23 heavy (non-hydrogen) atoms. The van der Waals surface area contributed by atoms with Gasteiger partial charge >= 0.3 is 0 Å². The lowest BCUT2D eigenvalue weighted by molar-refractivity contribution is -0.134. The van der Waals surface area contributed by atoms with E-state index in [4.69, 9.17) is 10.6 Å². The maximum Gasteiger partial charge on any atom is 0.243 e. The predicted molar refractivity (Wildman–Crippen MR) is 98.7 cm³/mol. The van der Waals surface area contributed by atoms with Crippen LogP contribution in [0.4, 0.5) is 0 Å². The van der Waals surface area contributed by atoms with Crippen molar-refractivity contribution in [2.75, 3.05) is 6.54 Å². The van der Waals surface area contributed by atoms with E-state index in [2.05, 4.69) is 18.6 Å². The van der Waals surface area contributed by atoms with Crippen LogP contribution in [0.15, 0.2) is 43.5 Å². The van der Waals surface area contributed by atoms with Crippen molar-refractivity contribution in [3.63, 3.8) is 0 Å². The number of benzene rings is 1. The van der Waals surface area contributed by atoms with Crippen molar-refractivity contribution in [1.82, 2.24) is 5.48 Å². The van der Waals surface area contributed by atoms with Gasteiger partial charge in [0.05, 0.1) is 6.61 Å². The molecule has 1 aromatic carbocycles. The van der Waals surface area contributed by atoms with E-state index in [1.54, 1.807) is 0 Å². The molecular weight excluding hydrogens is 288 g/mol. The molecule has 0 aliphatic rings. The van der Waals surface area contributed by atoms with Crippen LogP contribution in [0.1, 0.15) is 57.9 Å². The first kappa shape index (κ1) is 23.6. The van der Waals surface area contributed by atoms with Gasteiger partial charge in [-0.1, -0.05) is 63.4 Å². The Balaban J connectivity index is 0. The zero-order valence-electron chi connectivity index (χ0n) is 14.9. The molecule has 0 aliphatic heterocycles. The largest absolute Gasteiger partial charge is 0.330 e. The van der Waals surface area contributed by atoms with Gasteiger partial charge < -0.3 is 5.73 Å². The zero-order chi connectivity index (χ0) is 17.8. The lowest BCUT2D eigenvalue weighted by atomic mass is 10.1. The summed E-state index contributed by atoms with van der Waals surface area (Å²) >= 11 is 0. The number of carbonyl (C=O) groups excluding carboxylic acids is 1. The highest BCUT2D eigenvalue weighted by molar-refractivity contribution is 5.74. The molecule has 0 aliphatic carbocycles. The van der Waals surface area contributed by atoms with Crippen molar-refractivity contribution in [2.45, 2.75) is 59.0 Å². The van der Waals surface area contributed by atoms with Crippen LogP contribution >= 0.6 is 0 Å². The molecule has 1 aromatic rings. The fraction of sp³-hybridized carbons (Fsp3) is 0.526. The Morgan fingerprint density at radius 1 is 1.04 bits per heavy atom. The summed E-state index contributed by atoms with van der Waals surface area (Å²) in [6, 6.07) is 9.77. The summed E-state index contributed by atoms with van der Waals surface area (Å²) in [5.41, 5.74) is 8.93. The molecule has 4 heteroatoms. The molecule has 0 fully saturated rings. The molecule has 3 N–H and O–H groups in total. The maximum absolute atomic E-state index is 11.5. The predicted octanol–water partition coefficient (Wildman–Crippen LogP) is 4.36. The van der Waals surface area contributed by atoms with Crippen molar-refractivity contribution in [2.24, 2.45) is 5.73 Å². The molecular formula is C19H34N2O2. The smallest absolute Gasteiger partial charge is 0.243 e. The Bertz CT molecular complexity index is 356. The number of amides is 1. The molecule has 1 rings (SSSR count). The van der Waals surface area contributed by atoms with Gasteiger partial charge in [-0.25, -0.2) is 5.48 Å². The molecule has 0 unspecified atom stereocenters. The molecule has 0 saturated carbocycles. The number of unbranched alkanes of at least 4 members (excludes halogenated alkanes) is 4. The number of nitrogens with two attached hydrogens (primary N) is 1. The minimum absolute atomic E-state index is 0.0465. The second-order valence-corrected chi connectivity index (χ2v) is 4.61. The molecule has 0 radical (unpaired) electrons. The topological polar surface area (TPSA) is 64.4 Å².